The number of hydrogen-bond acceptors (Lipinski definition) is 3. The molecule has 0 saturated heterocycles. The van der Waals surface area contributed by atoms with Crippen LogP contribution in [0.1, 0.15) is 15.9 Å². The van der Waals surface area contributed by atoms with E-state index >= 15 is 0 Å². The summed E-state index contributed by atoms with van der Waals surface area (Å²) in [5.41, 5.74) is 0.889. The number of ether oxygens (including phenoxy) is 1. The van der Waals surface area contributed by atoms with Gasteiger partial charge < -0.3 is 10.1 Å². The molecule has 2 aromatic carbocycles. The average molecular weight is 322 g/mol. The van der Waals surface area contributed by atoms with Gasteiger partial charge in [-0.1, -0.05) is 29.8 Å². The Morgan fingerprint density at radius 1 is 1.14 bits per heavy atom. The van der Waals surface area contributed by atoms with Gasteiger partial charge in [0.05, 0.1) is 5.56 Å². The molecule has 0 unspecified atom stereocenters. The number of esters is 1. The second-order valence-electron chi connectivity index (χ2n) is 4.49. The maximum absolute atomic E-state index is 13.0. The number of nitrogens with one attached hydrogen (secondary N) is 1. The molecule has 114 valence electrons. The molecule has 0 aliphatic carbocycles. The molecular weight excluding hydrogens is 309 g/mol. The largest absolute Gasteiger partial charge is 0.452 e. The molecule has 0 fully saturated rings. The van der Waals surface area contributed by atoms with Crippen molar-refractivity contribution in [2.24, 2.45) is 0 Å². The third kappa shape index (κ3) is 4.86. The molecule has 1 amide bonds. The first kappa shape index (κ1) is 16.0. The molecule has 0 aromatic heterocycles. The van der Waals surface area contributed by atoms with Gasteiger partial charge in [-0.05, 0) is 35.9 Å². The molecule has 6 heteroatoms. The number of rotatable bonds is 5. The molecule has 0 bridgehead atoms. The molecule has 0 radical (unpaired) electrons. The van der Waals surface area contributed by atoms with E-state index in [2.05, 4.69) is 5.32 Å². The average Bonchev–Trinajstić information content (AvgIpc) is 2.50. The van der Waals surface area contributed by atoms with Crippen LogP contribution >= 0.6 is 11.6 Å². The summed E-state index contributed by atoms with van der Waals surface area (Å²) in [6, 6.07) is 12.1. The molecule has 2 rings (SSSR count). The van der Waals surface area contributed by atoms with Crippen molar-refractivity contribution in [1.82, 2.24) is 5.32 Å². The van der Waals surface area contributed by atoms with Crippen LogP contribution in [0.5, 0.6) is 0 Å². The van der Waals surface area contributed by atoms with Crippen LogP contribution in [0.2, 0.25) is 5.02 Å². The quantitative estimate of drug-likeness (QED) is 0.861. The van der Waals surface area contributed by atoms with Crippen LogP contribution in [0.25, 0.3) is 0 Å². The van der Waals surface area contributed by atoms with Crippen LogP contribution < -0.4 is 5.32 Å². The number of carbonyl (C=O) groups is 2. The lowest BCUT2D eigenvalue weighted by Crippen LogP contribution is -2.28. The van der Waals surface area contributed by atoms with Gasteiger partial charge in [-0.25, -0.2) is 9.18 Å². The lowest BCUT2D eigenvalue weighted by atomic mass is 10.2. The highest BCUT2D eigenvalue weighted by Gasteiger charge is 2.10. The zero-order valence-electron chi connectivity index (χ0n) is 11.5. The monoisotopic (exact) mass is 321 g/mol. The Bertz CT molecular complexity index is 691. The van der Waals surface area contributed by atoms with Crippen molar-refractivity contribution in [1.29, 1.82) is 0 Å². The van der Waals surface area contributed by atoms with Gasteiger partial charge in [-0.2, -0.15) is 0 Å². The summed E-state index contributed by atoms with van der Waals surface area (Å²) < 4.78 is 17.8. The molecule has 2 aromatic rings. The number of carbonyl (C=O) groups excluding carboxylic acids is 2. The Hall–Kier alpha value is -2.40. The smallest absolute Gasteiger partial charge is 0.338 e. The number of amides is 1. The fraction of sp³-hybridized carbons (Fsp3) is 0.125. The van der Waals surface area contributed by atoms with Gasteiger partial charge in [0.25, 0.3) is 5.91 Å². The zero-order valence-corrected chi connectivity index (χ0v) is 12.3. The van der Waals surface area contributed by atoms with Crippen molar-refractivity contribution in [3.63, 3.8) is 0 Å². The topological polar surface area (TPSA) is 55.4 Å². The lowest BCUT2D eigenvalue weighted by Gasteiger charge is -2.07. The molecule has 4 nitrogen and oxygen atoms in total. The Labute approximate surface area is 131 Å². The van der Waals surface area contributed by atoms with Crippen molar-refractivity contribution in [2.45, 2.75) is 6.54 Å². The van der Waals surface area contributed by atoms with E-state index in [0.29, 0.717) is 5.02 Å². The highest BCUT2D eigenvalue weighted by molar-refractivity contribution is 6.30. The Balaban J connectivity index is 1.79. The highest BCUT2D eigenvalue weighted by Crippen LogP contribution is 2.10. The van der Waals surface area contributed by atoms with Crippen LogP contribution in [0.4, 0.5) is 4.39 Å². The van der Waals surface area contributed by atoms with E-state index in [-0.39, 0.29) is 12.1 Å². The van der Waals surface area contributed by atoms with E-state index in [1.165, 1.54) is 18.2 Å². The van der Waals surface area contributed by atoms with E-state index in [1.54, 1.807) is 18.2 Å². The van der Waals surface area contributed by atoms with Gasteiger partial charge in [0.15, 0.2) is 6.61 Å². The minimum absolute atomic E-state index is 0.0580. The van der Waals surface area contributed by atoms with Crippen molar-refractivity contribution in [2.75, 3.05) is 6.61 Å². The summed E-state index contributed by atoms with van der Waals surface area (Å²) in [6.07, 6.45) is 0. The first-order valence-corrected chi connectivity index (χ1v) is 6.86. The van der Waals surface area contributed by atoms with Gasteiger partial charge in [0.1, 0.15) is 5.82 Å². The van der Waals surface area contributed by atoms with E-state index in [0.717, 1.165) is 11.6 Å². The lowest BCUT2D eigenvalue weighted by molar-refractivity contribution is -0.124. The second-order valence-corrected chi connectivity index (χ2v) is 4.93. The molecule has 0 aliphatic rings. The van der Waals surface area contributed by atoms with Gasteiger partial charge in [-0.15, -0.1) is 0 Å². The minimum atomic E-state index is -0.752. The van der Waals surface area contributed by atoms with Crippen molar-refractivity contribution < 1.29 is 18.7 Å². The predicted octanol–water partition coefficient (Wildman–Crippen LogP) is 2.95. The number of hydrogen-bond donors (Lipinski definition) is 1. The summed E-state index contributed by atoms with van der Waals surface area (Å²) in [7, 11) is 0. The molecule has 22 heavy (non-hydrogen) atoms. The number of halogens is 2. The van der Waals surface area contributed by atoms with Gasteiger partial charge in [0, 0.05) is 11.6 Å². The summed E-state index contributed by atoms with van der Waals surface area (Å²) in [4.78, 5) is 23.2. The molecule has 1 N–H and O–H groups in total. The Kier molecular flexibility index (Phi) is 5.49. The highest BCUT2D eigenvalue weighted by atomic mass is 35.5. The third-order valence-corrected chi connectivity index (χ3v) is 3.01. The Morgan fingerprint density at radius 3 is 2.64 bits per heavy atom. The van der Waals surface area contributed by atoms with Crippen LogP contribution in [-0.4, -0.2) is 18.5 Å². The van der Waals surface area contributed by atoms with Crippen LogP contribution in [0.3, 0.4) is 0 Å². The Morgan fingerprint density at radius 2 is 1.91 bits per heavy atom. The van der Waals surface area contributed by atoms with Crippen molar-refractivity contribution >= 4 is 23.5 Å². The molecule has 0 aliphatic heterocycles. The predicted molar refractivity (Wildman–Crippen MR) is 80.0 cm³/mol. The molecule has 0 atom stereocenters. The van der Waals surface area contributed by atoms with E-state index < -0.39 is 24.3 Å². The molecule has 0 heterocycles. The fourth-order valence-corrected chi connectivity index (χ4v) is 1.94. The summed E-state index contributed by atoms with van der Waals surface area (Å²) >= 11 is 5.83. The van der Waals surface area contributed by atoms with Gasteiger partial charge in [-0.3, -0.25) is 4.79 Å². The third-order valence-electron chi connectivity index (χ3n) is 2.77. The minimum Gasteiger partial charge on any atom is -0.452 e. The van der Waals surface area contributed by atoms with E-state index in [9.17, 15) is 14.0 Å². The molecule has 0 saturated carbocycles. The number of benzene rings is 2. The van der Waals surface area contributed by atoms with Gasteiger partial charge >= 0.3 is 5.97 Å². The second kappa shape index (κ2) is 7.56. The first-order chi connectivity index (χ1) is 10.5. The standard InChI is InChI=1S/C16H13ClFNO3/c17-13-5-1-3-11(7-13)9-19-15(20)10-22-16(21)12-4-2-6-14(18)8-12/h1-8H,9-10H2,(H,19,20). The van der Waals surface area contributed by atoms with Crippen molar-refractivity contribution in [3.05, 3.63) is 70.5 Å². The summed E-state index contributed by atoms with van der Waals surface area (Å²) in [6.45, 7) is -0.160. The van der Waals surface area contributed by atoms with E-state index in [4.69, 9.17) is 16.3 Å². The first-order valence-electron chi connectivity index (χ1n) is 6.48. The molecule has 0 spiro atoms. The van der Waals surface area contributed by atoms with Crippen molar-refractivity contribution in [3.8, 4) is 0 Å². The maximum Gasteiger partial charge on any atom is 0.338 e. The van der Waals surface area contributed by atoms with Crippen LogP contribution in [0.15, 0.2) is 48.5 Å². The van der Waals surface area contributed by atoms with Crippen LogP contribution in [-0.2, 0) is 16.1 Å². The SMILES string of the molecule is O=C(COC(=O)c1cccc(F)c1)NCc1cccc(Cl)c1. The van der Waals surface area contributed by atoms with Gasteiger partial charge in [0.2, 0.25) is 0 Å². The summed E-state index contributed by atoms with van der Waals surface area (Å²) in [5.74, 6) is -1.75. The molecular formula is C16H13ClFNO3. The van der Waals surface area contributed by atoms with Crippen LogP contribution in [0, 0.1) is 5.82 Å². The summed E-state index contributed by atoms with van der Waals surface area (Å²) in [5, 5.41) is 3.17. The maximum atomic E-state index is 13.0. The zero-order chi connectivity index (χ0) is 15.9. The fourth-order valence-electron chi connectivity index (χ4n) is 1.73. The normalized spacial score (nSPS) is 10.1. The van der Waals surface area contributed by atoms with E-state index in [1.807, 2.05) is 6.07 Å².